The number of hydrogen-bond acceptors (Lipinski definition) is 4. The molecular formula is C36H48N2O3. The molecule has 5 nitrogen and oxygen atoms in total. The number of rotatable bonds is 19. The fraction of sp³-hybridized carbons (Fsp3) is 0.444. The molecule has 1 N–H and O–H groups in total. The Morgan fingerprint density at radius 2 is 1.20 bits per heavy atom. The third kappa shape index (κ3) is 11.4. The molecule has 0 atom stereocenters. The van der Waals surface area contributed by atoms with Crippen molar-refractivity contribution in [3.63, 3.8) is 0 Å². The number of nitrogens with zero attached hydrogens (tertiary/aromatic N) is 1. The van der Waals surface area contributed by atoms with E-state index in [9.17, 15) is 9.59 Å². The smallest absolute Gasteiger partial charge is 0.343 e. The van der Waals surface area contributed by atoms with E-state index in [1.807, 2.05) is 59.5 Å². The summed E-state index contributed by atoms with van der Waals surface area (Å²) in [5.74, 6) is 0.0626. The Hall–Kier alpha value is -3.60. The lowest BCUT2D eigenvalue weighted by Gasteiger charge is -2.23. The first-order chi connectivity index (χ1) is 20.1. The predicted octanol–water partition coefficient (Wildman–Crippen LogP) is 9.69. The van der Waals surface area contributed by atoms with Crippen molar-refractivity contribution in [2.75, 3.05) is 23.3 Å². The highest BCUT2D eigenvalue weighted by Crippen LogP contribution is 2.22. The Kier molecular flexibility index (Phi) is 14.6. The maximum Gasteiger partial charge on any atom is 0.343 e. The summed E-state index contributed by atoms with van der Waals surface area (Å²) in [6.45, 7) is 6.04. The van der Waals surface area contributed by atoms with Gasteiger partial charge in [-0.05, 0) is 73.5 Å². The molecule has 0 aromatic heterocycles. The van der Waals surface area contributed by atoms with E-state index in [1.54, 1.807) is 24.3 Å². The molecule has 0 fully saturated rings. The van der Waals surface area contributed by atoms with Crippen LogP contribution in [0.3, 0.4) is 0 Å². The maximum absolute atomic E-state index is 13.7. The summed E-state index contributed by atoms with van der Waals surface area (Å²) in [6, 6.07) is 24.0. The van der Waals surface area contributed by atoms with Gasteiger partial charge in [0.05, 0.1) is 5.56 Å². The van der Waals surface area contributed by atoms with Crippen LogP contribution in [0.15, 0.2) is 78.9 Å². The van der Waals surface area contributed by atoms with Crippen molar-refractivity contribution in [3.8, 4) is 5.75 Å². The number of para-hydroxylation sites is 1. The molecule has 0 radical (unpaired) electrons. The number of benzene rings is 3. The number of amides is 1. The summed E-state index contributed by atoms with van der Waals surface area (Å²) in [5.41, 5.74) is 2.93. The van der Waals surface area contributed by atoms with E-state index in [0.29, 0.717) is 23.4 Å². The highest BCUT2D eigenvalue weighted by molar-refractivity contribution is 6.06. The van der Waals surface area contributed by atoms with Gasteiger partial charge in [0.25, 0.3) is 5.91 Å². The van der Waals surface area contributed by atoms with Gasteiger partial charge in [-0.25, -0.2) is 4.79 Å². The molecule has 3 aromatic rings. The molecule has 3 aromatic carbocycles. The third-order valence-corrected chi connectivity index (χ3v) is 7.34. The highest BCUT2D eigenvalue weighted by Gasteiger charge is 2.19. The van der Waals surface area contributed by atoms with Crippen LogP contribution in [0, 0.1) is 0 Å². The van der Waals surface area contributed by atoms with Crippen molar-refractivity contribution in [2.45, 2.75) is 90.9 Å². The van der Waals surface area contributed by atoms with Crippen LogP contribution in [-0.2, 0) is 0 Å². The second-order valence-corrected chi connectivity index (χ2v) is 10.7. The molecule has 1 amide bonds. The van der Waals surface area contributed by atoms with Crippen LogP contribution in [-0.4, -0.2) is 25.0 Å². The first kappa shape index (κ1) is 31.9. The van der Waals surface area contributed by atoms with Crippen LogP contribution in [0.1, 0.15) is 112 Å². The zero-order valence-corrected chi connectivity index (χ0v) is 25.1. The zero-order valence-electron chi connectivity index (χ0n) is 25.1. The molecule has 0 aliphatic heterocycles. The van der Waals surface area contributed by atoms with Crippen LogP contribution < -0.4 is 15.0 Å². The highest BCUT2D eigenvalue weighted by atomic mass is 16.5. The summed E-state index contributed by atoms with van der Waals surface area (Å²) >= 11 is 0. The number of esters is 1. The first-order valence-electron chi connectivity index (χ1n) is 15.7. The van der Waals surface area contributed by atoms with Crippen molar-refractivity contribution in [1.82, 2.24) is 0 Å². The van der Waals surface area contributed by atoms with Gasteiger partial charge in [0.15, 0.2) is 0 Å². The molecule has 0 heterocycles. The third-order valence-electron chi connectivity index (χ3n) is 7.34. The lowest BCUT2D eigenvalue weighted by molar-refractivity contribution is 0.0734. The summed E-state index contributed by atoms with van der Waals surface area (Å²) in [5, 5.41) is 3.49. The average molecular weight is 557 g/mol. The van der Waals surface area contributed by atoms with E-state index in [4.69, 9.17) is 4.74 Å². The number of nitrogens with one attached hydrogen (secondary N) is 1. The fourth-order valence-corrected chi connectivity index (χ4v) is 4.85. The van der Waals surface area contributed by atoms with Gasteiger partial charge in [-0.2, -0.15) is 0 Å². The average Bonchev–Trinajstić information content (AvgIpc) is 3.01. The van der Waals surface area contributed by atoms with Crippen molar-refractivity contribution in [3.05, 3.63) is 90.0 Å². The Morgan fingerprint density at radius 3 is 1.83 bits per heavy atom. The van der Waals surface area contributed by atoms with Gasteiger partial charge in [-0.3, -0.25) is 4.79 Å². The van der Waals surface area contributed by atoms with Crippen molar-refractivity contribution >= 4 is 23.3 Å². The fourth-order valence-electron chi connectivity index (χ4n) is 4.85. The van der Waals surface area contributed by atoms with Gasteiger partial charge < -0.3 is 15.0 Å². The molecule has 0 bridgehead atoms. The predicted molar refractivity (Wildman–Crippen MR) is 171 cm³/mol. The van der Waals surface area contributed by atoms with Gasteiger partial charge in [-0.1, -0.05) is 96.3 Å². The van der Waals surface area contributed by atoms with Gasteiger partial charge in [-0.15, -0.1) is 0 Å². The topological polar surface area (TPSA) is 58.6 Å². The Balaban J connectivity index is 1.62. The number of hydrogen-bond donors (Lipinski definition) is 1. The van der Waals surface area contributed by atoms with Crippen molar-refractivity contribution < 1.29 is 14.3 Å². The molecule has 0 aliphatic rings. The summed E-state index contributed by atoms with van der Waals surface area (Å²) in [6.07, 6.45) is 14.5. The van der Waals surface area contributed by atoms with Crippen molar-refractivity contribution in [2.24, 2.45) is 0 Å². The van der Waals surface area contributed by atoms with Gasteiger partial charge in [0, 0.05) is 30.0 Å². The second kappa shape index (κ2) is 18.7. The minimum Gasteiger partial charge on any atom is -0.423 e. The Labute approximate surface area is 247 Å². The first-order valence-corrected chi connectivity index (χ1v) is 15.7. The molecule has 0 saturated carbocycles. The maximum atomic E-state index is 13.7. The summed E-state index contributed by atoms with van der Waals surface area (Å²) in [7, 11) is 0. The van der Waals surface area contributed by atoms with Crippen LogP contribution in [0.5, 0.6) is 5.75 Å². The largest absolute Gasteiger partial charge is 0.423 e. The van der Waals surface area contributed by atoms with E-state index >= 15 is 0 Å². The number of carbonyl (C=O) groups excluding carboxylic acids is 2. The molecule has 0 spiro atoms. The number of unbranched alkanes of at least 4 members (excludes halogenated alkanes) is 10. The summed E-state index contributed by atoms with van der Waals surface area (Å²) in [4.78, 5) is 28.1. The van der Waals surface area contributed by atoms with Crippen LogP contribution >= 0.6 is 0 Å². The lowest BCUT2D eigenvalue weighted by Crippen LogP contribution is -2.32. The van der Waals surface area contributed by atoms with E-state index in [-0.39, 0.29) is 5.91 Å². The van der Waals surface area contributed by atoms with E-state index in [2.05, 4.69) is 19.2 Å². The van der Waals surface area contributed by atoms with Crippen LogP contribution in [0.2, 0.25) is 0 Å². The second-order valence-electron chi connectivity index (χ2n) is 10.7. The normalized spacial score (nSPS) is 10.8. The monoisotopic (exact) mass is 556 g/mol. The SMILES string of the molecule is CCCCCCCCNc1ccc(C(=O)N(CCCCCCCC)c2ccc(C(=O)Oc3ccccc3)cc2)cc1. The van der Waals surface area contributed by atoms with Gasteiger partial charge in [0.1, 0.15) is 5.75 Å². The zero-order chi connectivity index (χ0) is 29.1. The molecule has 220 valence electrons. The standard InChI is InChI=1S/C36H48N2O3/c1-3-5-7-9-11-16-28-37-32-24-20-30(21-25-32)35(39)38(29-17-12-10-8-6-4-2)33-26-22-31(23-27-33)36(40)41-34-18-14-13-15-19-34/h13-15,18-27,37H,3-12,16-17,28-29H2,1-2H3. The molecule has 5 heteroatoms. The van der Waals surface area contributed by atoms with Gasteiger partial charge in [0.2, 0.25) is 0 Å². The molecule has 41 heavy (non-hydrogen) atoms. The van der Waals surface area contributed by atoms with Gasteiger partial charge >= 0.3 is 5.97 Å². The molecular weight excluding hydrogens is 508 g/mol. The molecule has 0 aliphatic carbocycles. The van der Waals surface area contributed by atoms with Crippen LogP contribution in [0.4, 0.5) is 11.4 Å². The Morgan fingerprint density at radius 1 is 0.634 bits per heavy atom. The number of anilines is 2. The molecule has 0 saturated heterocycles. The minimum absolute atomic E-state index is 0.0272. The van der Waals surface area contributed by atoms with Crippen LogP contribution in [0.25, 0.3) is 0 Å². The lowest BCUT2D eigenvalue weighted by atomic mass is 10.1. The van der Waals surface area contributed by atoms with E-state index in [0.717, 1.165) is 37.2 Å². The van der Waals surface area contributed by atoms with E-state index < -0.39 is 5.97 Å². The number of ether oxygens (including phenoxy) is 1. The molecule has 0 unspecified atom stereocenters. The number of carbonyl (C=O) groups is 2. The minimum atomic E-state index is -0.416. The molecule has 3 rings (SSSR count). The van der Waals surface area contributed by atoms with E-state index in [1.165, 1.54) is 57.8 Å². The van der Waals surface area contributed by atoms with Crippen molar-refractivity contribution in [1.29, 1.82) is 0 Å². The Bertz CT molecular complexity index is 1140. The summed E-state index contributed by atoms with van der Waals surface area (Å²) < 4.78 is 5.47. The quantitative estimate of drug-likeness (QED) is 0.0907.